The summed E-state index contributed by atoms with van der Waals surface area (Å²) in [5, 5.41) is 3.00. The SMILES string of the molecule is O=C(CCC1CCCC1)Cc1nc(-c2ccccc2)cs1. The van der Waals surface area contributed by atoms with Crippen molar-refractivity contribution < 1.29 is 4.79 Å². The number of rotatable bonds is 6. The second-order valence-corrected chi connectivity index (χ2v) is 6.84. The molecule has 110 valence electrons. The molecule has 2 aromatic rings. The van der Waals surface area contributed by atoms with Gasteiger partial charge in [0.15, 0.2) is 0 Å². The minimum atomic E-state index is 0.343. The first-order chi connectivity index (χ1) is 10.3. The summed E-state index contributed by atoms with van der Waals surface area (Å²) in [5.74, 6) is 1.14. The van der Waals surface area contributed by atoms with Crippen molar-refractivity contribution in [3.8, 4) is 11.3 Å². The van der Waals surface area contributed by atoms with Crippen LogP contribution in [0.3, 0.4) is 0 Å². The van der Waals surface area contributed by atoms with Crippen LogP contribution < -0.4 is 0 Å². The Bertz CT molecular complexity index is 584. The van der Waals surface area contributed by atoms with Gasteiger partial charge in [0, 0.05) is 17.4 Å². The first-order valence-corrected chi connectivity index (χ1v) is 8.71. The fourth-order valence-electron chi connectivity index (χ4n) is 3.05. The molecule has 2 nitrogen and oxygen atoms in total. The molecule has 1 fully saturated rings. The van der Waals surface area contributed by atoms with Gasteiger partial charge in [0.1, 0.15) is 10.8 Å². The second kappa shape index (κ2) is 6.99. The van der Waals surface area contributed by atoms with Gasteiger partial charge in [-0.25, -0.2) is 4.98 Å². The van der Waals surface area contributed by atoms with Gasteiger partial charge >= 0.3 is 0 Å². The van der Waals surface area contributed by atoms with Gasteiger partial charge in [0.25, 0.3) is 0 Å². The number of aromatic nitrogens is 1. The molecule has 21 heavy (non-hydrogen) atoms. The fraction of sp³-hybridized carbons (Fsp3) is 0.444. The highest BCUT2D eigenvalue weighted by Crippen LogP contribution is 2.29. The van der Waals surface area contributed by atoms with Crippen molar-refractivity contribution in [3.05, 3.63) is 40.7 Å². The molecule has 0 bridgehead atoms. The molecule has 1 aromatic heterocycles. The normalized spacial score (nSPS) is 15.4. The molecule has 0 N–H and O–H groups in total. The standard InChI is InChI=1S/C18H21NOS/c20-16(11-10-14-6-4-5-7-14)12-18-19-17(13-21-18)15-8-2-1-3-9-15/h1-3,8-9,13-14H,4-7,10-12H2. The van der Waals surface area contributed by atoms with E-state index in [1.807, 2.05) is 18.2 Å². The smallest absolute Gasteiger partial charge is 0.139 e. The maximum atomic E-state index is 12.1. The van der Waals surface area contributed by atoms with Crippen LogP contribution >= 0.6 is 11.3 Å². The molecule has 0 amide bonds. The molecule has 0 aliphatic heterocycles. The van der Waals surface area contributed by atoms with E-state index in [2.05, 4.69) is 22.5 Å². The largest absolute Gasteiger partial charge is 0.299 e. The van der Waals surface area contributed by atoms with E-state index >= 15 is 0 Å². The van der Waals surface area contributed by atoms with E-state index in [4.69, 9.17) is 0 Å². The van der Waals surface area contributed by atoms with Crippen molar-refractivity contribution in [3.63, 3.8) is 0 Å². The maximum absolute atomic E-state index is 12.1. The van der Waals surface area contributed by atoms with Crippen LogP contribution in [-0.2, 0) is 11.2 Å². The van der Waals surface area contributed by atoms with E-state index in [1.165, 1.54) is 25.7 Å². The number of hydrogen-bond acceptors (Lipinski definition) is 3. The second-order valence-electron chi connectivity index (χ2n) is 5.90. The van der Waals surface area contributed by atoms with Crippen LogP contribution in [0, 0.1) is 5.92 Å². The third-order valence-electron chi connectivity index (χ3n) is 4.28. The van der Waals surface area contributed by atoms with Gasteiger partial charge < -0.3 is 0 Å². The van der Waals surface area contributed by atoms with Gasteiger partial charge in [0.05, 0.1) is 12.1 Å². The highest BCUT2D eigenvalue weighted by molar-refractivity contribution is 7.10. The molecular formula is C18H21NOS. The summed E-state index contributed by atoms with van der Waals surface area (Å²) in [6.45, 7) is 0. The van der Waals surface area contributed by atoms with Crippen LogP contribution in [-0.4, -0.2) is 10.8 Å². The highest BCUT2D eigenvalue weighted by atomic mass is 32.1. The van der Waals surface area contributed by atoms with Gasteiger partial charge in [-0.05, 0) is 12.3 Å². The summed E-state index contributed by atoms with van der Waals surface area (Å²) in [6, 6.07) is 10.1. The van der Waals surface area contributed by atoms with Crippen LogP contribution in [0.15, 0.2) is 35.7 Å². The number of ketones is 1. The molecule has 0 atom stereocenters. The molecule has 3 heteroatoms. The van der Waals surface area contributed by atoms with Crippen molar-refractivity contribution in [1.29, 1.82) is 0 Å². The van der Waals surface area contributed by atoms with Gasteiger partial charge in [-0.3, -0.25) is 4.79 Å². The van der Waals surface area contributed by atoms with Crippen LogP contribution in [0.4, 0.5) is 0 Å². The monoisotopic (exact) mass is 299 g/mol. The zero-order valence-corrected chi connectivity index (χ0v) is 13.1. The van der Waals surface area contributed by atoms with Gasteiger partial charge in [-0.1, -0.05) is 56.0 Å². The lowest BCUT2D eigenvalue weighted by molar-refractivity contribution is -0.118. The van der Waals surface area contributed by atoms with Crippen LogP contribution in [0.1, 0.15) is 43.5 Å². The minimum absolute atomic E-state index is 0.343. The third kappa shape index (κ3) is 4.01. The van der Waals surface area contributed by atoms with Crippen molar-refractivity contribution in [2.75, 3.05) is 0 Å². The Kier molecular flexibility index (Phi) is 4.81. The summed E-state index contributed by atoms with van der Waals surface area (Å²) < 4.78 is 0. The van der Waals surface area contributed by atoms with E-state index in [0.29, 0.717) is 12.2 Å². The van der Waals surface area contributed by atoms with Gasteiger partial charge in [-0.15, -0.1) is 11.3 Å². The first-order valence-electron chi connectivity index (χ1n) is 7.83. The summed E-state index contributed by atoms with van der Waals surface area (Å²) >= 11 is 1.60. The van der Waals surface area contributed by atoms with E-state index in [0.717, 1.165) is 35.0 Å². The molecule has 1 aliphatic rings. The predicted molar refractivity (Wildman–Crippen MR) is 87.5 cm³/mol. The lowest BCUT2D eigenvalue weighted by Gasteiger charge is -2.06. The number of benzene rings is 1. The topological polar surface area (TPSA) is 30.0 Å². The van der Waals surface area contributed by atoms with Crippen LogP contribution in [0.5, 0.6) is 0 Å². The zero-order valence-electron chi connectivity index (χ0n) is 12.3. The average Bonchev–Trinajstić information content (AvgIpc) is 3.17. The Hall–Kier alpha value is -1.48. The minimum Gasteiger partial charge on any atom is -0.299 e. The molecule has 1 aliphatic carbocycles. The Morgan fingerprint density at radius 1 is 1.19 bits per heavy atom. The number of Topliss-reactive ketones (excluding diaryl/α,β-unsaturated/α-hetero) is 1. The fourth-order valence-corrected chi connectivity index (χ4v) is 3.89. The Balaban J connectivity index is 1.53. The molecule has 1 aromatic carbocycles. The Morgan fingerprint density at radius 2 is 1.95 bits per heavy atom. The summed E-state index contributed by atoms with van der Waals surface area (Å²) in [6.07, 6.45) is 7.66. The van der Waals surface area contributed by atoms with Crippen molar-refractivity contribution >= 4 is 17.1 Å². The highest BCUT2D eigenvalue weighted by Gasteiger charge is 2.17. The summed E-state index contributed by atoms with van der Waals surface area (Å²) in [5.41, 5.74) is 2.11. The van der Waals surface area contributed by atoms with Crippen LogP contribution in [0.25, 0.3) is 11.3 Å². The first kappa shape index (κ1) is 14.5. The van der Waals surface area contributed by atoms with E-state index in [1.54, 1.807) is 11.3 Å². The number of hydrogen-bond donors (Lipinski definition) is 0. The van der Waals surface area contributed by atoms with Gasteiger partial charge in [-0.2, -0.15) is 0 Å². The predicted octanol–water partition coefficient (Wildman–Crippen LogP) is 4.89. The van der Waals surface area contributed by atoms with Crippen molar-refractivity contribution in [2.45, 2.75) is 44.9 Å². The maximum Gasteiger partial charge on any atom is 0.139 e. The van der Waals surface area contributed by atoms with Crippen molar-refractivity contribution in [2.24, 2.45) is 5.92 Å². The Morgan fingerprint density at radius 3 is 2.71 bits per heavy atom. The zero-order chi connectivity index (χ0) is 14.5. The average molecular weight is 299 g/mol. The molecule has 0 saturated heterocycles. The molecule has 3 rings (SSSR count). The molecule has 0 radical (unpaired) electrons. The molecule has 0 spiro atoms. The lowest BCUT2D eigenvalue weighted by Crippen LogP contribution is -2.05. The van der Waals surface area contributed by atoms with Crippen LogP contribution in [0.2, 0.25) is 0 Å². The Labute approximate surface area is 130 Å². The van der Waals surface area contributed by atoms with E-state index < -0.39 is 0 Å². The van der Waals surface area contributed by atoms with E-state index in [9.17, 15) is 4.79 Å². The number of thiazole rings is 1. The molecular weight excluding hydrogens is 278 g/mol. The molecule has 1 saturated carbocycles. The number of nitrogens with zero attached hydrogens (tertiary/aromatic N) is 1. The third-order valence-corrected chi connectivity index (χ3v) is 5.12. The molecule has 1 heterocycles. The summed E-state index contributed by atoms with van der Waals surface area (Å²) in [7, 11) is 0. The number of carbonyl (C=O) groups is 1. The van der Waals surface area contributed by atoms with E-state index in [-0.39, 0.29) is 0 Å². The van der Waals surface area contributed by atoms with Crippen molar-refractivity contribution in [1.82, 2.24) is 4.98 Å². The molecule has 0 unspecified atom stereocenters. The summed E-state index contributed by atoms with van der Waals surface area (Å²) in [4.78, 5) is 16.7. The lowest BCUT2D eigenvalue weighted by atomic mass is 9.99. The quantitative estimate of drug-likeness (QED) is 0.760. The number of carbonyl (C=O) groups excluding carboxylic acids is 1. The van der Waals surface area contributed by atoms with Gasteiger partial charge in [0.2, 0.25) is 0 Å².